The Morgan fingerprint density at radius 2 is 1.84 bits per heavy atom. The van der Waals surface area contributed by atoms with Gasteiger partial charge < -0.3 is 29.7 Å². The zero-order valence-corrected chi connectivity index (χ0v) is 26.1. The van der Waals surface area contributed by atoms with Gasteiger partial charge in [-0.3, -0.25) is 19.2 Å². The Labute approximate surface area is 259 Å². The predicted molar refractivity (Wildman–Crippen MR) is 163 cm³/mol. The molecule has 10 heteroatoms. The maximum atomic E-state index is 14.6. The number of benzene rings is 1. The third-order valence-corrected chi connectivity index (χ3v) is 9.47. The van der Waals surface area contributed by atoms with Crippen molar-refractivity contribution >= 4 is 23.7 Å². The topological polar surface area (TPSA) is 125 Å². The van der Waals surface area contributed by atoms with E-state index < -0.39 is 59.6 Å². The second-order valence-corrected chi connectivity index (χ2v) is 12.7. The summed E-state index contributed by atoms with van der Waals surface area (Å²) in [5, 5.41) is 13.5. The number of carbonyl (C=O) groups is 4. The van der Waals surface area contributed by atoms with E-state index in [1.165, 1.54) is 4.90 Å². The van der Waals surface area contributed by atoms with Crippen LogP contribution in [0.3, 0.4) is 0 Å². The number of allylic oxidation sites excluding steroid dienone is 1. The van der Waals surface area contributed by atoms with Crippen molar-refractivity contribution < 1.29 is 33.8 Å². The summed E-state index contributed by atoms with van der Waals surface area (Å²) in [6.45, 7) is 8.08. The van der Waals surface area contributed by atoms with Gasteiger partial charge in [0.05, 0.1) is 30.7 Å². The lowest BCUT2D eigenvalue weighted by molar-refractivity contribution is -0.162. The van der Waals surface area contributed by atoms with Gasteiger partial charge >= 0.3 is 5.97 Å². The average molecular weight is 608 g/mol. The fourth-order valence-electron chi connectivity index (χ4n) is 7.19. The smallest absolute Gasteiger partial charge is 0.313 e. The quantitative estimate of drug-likeness (QED) is 0.361. The van der Waals surface area contributed by atoms with Crippen LogP contribution in [0.4, 0.5) is 0 Å². The zero-order chi connectivity index (χ0) is 31.6. The third kappa shape index (κ3) is 5.70. The standard InChI is InChI=1S/C34H45N3O7/c1-5-6-18-36-19-12-8-11-15-26(39)35-22(4)29(23-13-9-7-10-14-23)43-33(42)27-25-16-17-34(44-25)28(27)31(40)37(30(34)32(36)41)24(20-38)21(2)3/h7-10,12-14,16-17,21-22,24-25,27-30,38H,5-6,11,15,18-20H2,1-4H3,(H,35,39)/b12-8-/t22-,24-,25+,27-,28-,29+,30+,34-/m0/s1. The fourth-order valence-corrected chi connectivity index (χ4v) is 7.19. The molecule has 8 atom stereocenters. The number of hydrogen-bond acceptors (Lipinski definition) is 7. The molecule has 4 aliphatic rings. The van der Waals surface area contributed by atoms with Gasteiger partial charge in [-0.15, -0.1) is 0 Å². The van der Waals surface area contributed by atoms with Crippen LogP contribution in [-0.2, 0) is 28.7 Å². The number of fused-ring (bicyclic) bond motifs is 2. The van der Waals surface area contributed by atoms with Gasteiger partial charge in [0, 0.05) is 19.5 Å². The molecular weight excluding hydrogens is 562 g/mol. The molecule has 5 bridgehead atoms. The van der Waals surface area contributed by atoms with Crippen LogP contribution in [0.1, 0.15) is 65.0 Å². The maximum Gasteiger partial charge on any atom is 0.313 e. The van der Waals surface area contributed by atoms with E-state index in [1.54, 1.807) is 24.0 Å². The molecule has 1 aromatic carbocycles. The Morgan fingerprint density at radius 1 is 1.09 bits per heavy atom. The molecule has 10 nitrogen and oxygen atoms in total. The second-order valence-electron chi connectivity index (χ2n) is 12.7. The first kappa shape index (κ1) is 31.9. The molecule has 0 radical (unpaired) electrons. The van der Waals surface area contributed by atoms with E-state index in [1.807, 2.05) is 63.3 Å². The summed E-state index contributed by atoms with van der Waals surface area (Å²) < 4.78 is 12.7. The van der Waals surface area contributed by atoms with Crippen LogP contribution in [0, 0.1) is 17.8 Å². The number of esters is 1. The Morgan fingerprint density at radius 3 is 2.52 bits per heavy atom. The summed E-state index contributed by atoms with van der Waals surface area (Å²) in [6, 6.07) is 6.95. The van der Waals surface area contributed by atoms with E-state index in [-0.39, 0.29) is 30.8 Å². The Bertz CT molecular complexity index is 1300. The van der Waals surface area contributed by atoms with Crippen molar-refractivity contribution in [1.82, 2.24) is 15.1 Å². The van der Waals surface area contributed by atoms with E-state index in [9.17, 15) is 24.3 Å². The van der Waals surface area contributed by atoms with Crippen LogP contribution in [0.5, 0.6) is 0 Å². The molecule has 0 saturated carbocycles. The van der Waals surface area contributed by atoms with Gasteiger partial charge in [-0.05, 0) is 31.2 Å². The van der Waals surface area contributed by atoms with E-state index in [0.717, 1.165) is 12.8 Å². The van der Waals surface area contributed by atoms with Crippen LogP contribution in [0.25, 0.3) is 0 Å². The highest BCUT2D eigenvalue weighted by molar-refractivity contribution is 5.99. The second kappa shape index (κ2) is 13.2. The molecule has 0 aromatic heterocycles. The minimum absolute atomic E-state index is 0.158. The first-order valence-electron chi connectivity index (χ1n) is 15.9. The van der Waals surface area contributed by atoms with Crippen molar-refractivity contribution in [2.45, 2.75) is 89.3 Å². The van der Waals surface area contributed by atoms with Gasteiger partial charge in [0.2, 0.25) is 17.7 Å². The Hall–Kier alpha value is -3.50. The minimum Gasteiger partial charge on any atom is -0.455 e. The summed E-state index contributed by atoms with van der Waals surface area (Å²) in [6.07, 6.45) is 8.10. The molecular formula is C34H45N3O7. The maximum absolute atomic E-state index is 14.6. The fraction of sp³-hybridized carbons (Fsp3) is 0.588. The molecule has 3 amide bonds. The summed E-state index contributed by atoms with van der Waals surface area (Å²) in [5.74, 6) is -3.62. The lowest BCUT2D eigenvalue weighted by atomic mass is 9.74. The minimum atomic E-state index is -1.37. The number of likely N-dealkylation sites (tertiary alicyclic amines) is 1. The monoisotopic (exact) mass is 607 g/mol. The van der Waals surface area contributed by atoms with Crippen LogP contribution < -0.4 is 5.32 Å². The average Bonchev–Trinajstić information content (AvgIpc) is 3.64. The number of aliphatic hydroxyl groups excluding tert-OH is 1. The highest BCUT2D eigenvalue weighted by Gasteiger charge is 2.74. The number of carbonyl (C=O) groups excluding carboxylic acids is 4. The highest BCUT2D eigenvalue weighted by Crippen LogP contribution is 2.56. The molecule has 2 saturated heterocycles. The van der Waals surface area contributed by atoms with Gasteiger partial charge in [0.15, 0.2) is 0 Å². The number of nitrogens with one attached hydrogen (secondary N) is 1. The number of aliphatic hydroxyl groups is 1. The number of rotatable bonds is 7. The molecule has 0 unspecified atom stereocenters. The number of ether oxygens (including phenoxy) is 2. The van der Waals surface area contributed by atoms with E-state index >= 15 is 0 Å². The van der Waals surface area contributed by atoms with Crippen molar-refractivity contribution in [2.75, 3.05) is 19.7 Å². The molecule has 4 aliphatic heterocycles. The highest BCUT2D eigenvalue weighted by atomic mass is 16.6. The van der Waals surface area contributed by atoms with E-state index in [0.29, 0.717) is 25.1 Å². The number of nitrogens with zero attached hydrogens (tertiary/aromatic N) is 2. The molecule has 1 aromatic rings. The van der Waals surface area contributed by atoms with Crippen molar-refractivity contribution in [3.63, 3.8) is 0 Å². The van der Waals surface area contributed by atoms with Gasteiger partial charge in [0.25, 0.3) is 0 Å². The summed E-state index contributed by atoms with van der Waals surface area (Å²) >= 11 is 0. The lowest BCUT2D eigenvalue weighted by Gasteiger charge is -2.40. The molecule has 1 spiro atoms. The first-order valence-corrected chi connectivity index (χ1v) is 15.9. The molecule has 0 aliphatic carbocycles. The molecule has 2 fully saturated rings. The molecule has 44 heavy (non-hydrogen) atoms. The van der Waals surface area contributed by atoms with Crippen molar-refractivity contribution in [1.29, 1.82) is 0 Å². The number of unbranched alkanes of at least 4 members (excludes halogenated alkanes) is 1. The largest absolute Gasteiger partial charge is 0.455 e. The zero-order valence-electron chi connectivity index (χ0n) is 26.1. The Balaban J connectivity index is 1.60. The van der Waals surface area contributed by atoms with Crippen LogP contribution in [-0.4, -0.2) is 88.1 Å². The Kier molecular flexibility index (Phi) is 9.60. The van der Waals surface area contributed by atoms with E-state index in [2.05, 4.69) is 5.32 Å². The van der Waals surface area contributed by atoms with E-state index in [4.69, 9.17) is 9.47 Å². The van der Waals surface area contributed by atoms with Crippen molar-refractivity contribution in [3.8, 4) is 0 Å². The van der Waals surface area contributed by atoms with Crippen molar-refractivity contribution in [3.05, 3.63) is 60.2 Å². The van der Waals surface area contributed by atoms with Gasteiger partial charge in [0.1, 0.15) is 23.7 Å². The predicted octanol–water partition coefficient (Wildman–Crippen LogP) is 2.92. The van der Waals surface area contributed by atoms with Gasteiger partial charge in [-0.25, -0.2) is 0 Å². The number of amides is 3. The van der Waals surface area contributed by atoms with Crippen LogP contribution >= 0.6 is 0 Å². The van der Waals surface area contributed by atoms with Gasteiger partial charge in [-0.2, -0.15) is 0 Å². The molecule has 5 rings (SSSR count). The summed E-state index contributed by atoms with van der Waals surface area (Å²) in [4.78, 5) is 59.2. The lowest BCUT2D eigenvalue weighted by Crippen LogP contribution is -2.59. The SMILES string of the molecule is CCCCN1C/C=C\CCC(=O)N[C@@H](C)[C@H](c2ccccc2)OC(=O)[C@@H]2[C@H]3C(=O)N([C@@H](CO)C(C)C)[C@H](C1=O)[C@]31C=C[C@H]2O1. The van der Waals surface area contributed by atoms with Crippen molar-refractivity contribution in [2.24, 2.45) is 17.8 Å². The summed E-state index contributed by atoms with van der Waals surface area (Å²) in [5.41, 5.74) is -0.658. The molecule has 238 valence electrons. The third-order valence-electron chi connectivity index (χ3n) is 9.47. The summed E-state index contributed by atoms with van der Waals surface area (Å²) in [7, 11) is 0. The normalized spacial score (nSPS) is 33.9. The van der Waals surface area contributed by atoms with Crippen LogP contribution in [0.15, 0.2) is 54.6 Å². The first-order chi connectivity index (χ1) is 21.1. The number of hydrogen-bond donors (Lipinski definition) is 2. The number of cyclic esters (lactones) is 1. The molecule has 2 N–H and O–H groups in total. The molecule has 4 heterocycles. The van der Waals surface area contributed by atoms with Crippen LogP contribution in [0.2, 0.25) is 0 Å². The van der Waals surface area contributed by atoms with Gasteiger partial charge in [-0.1, -0.05) is 81.8 Å².